The standard InChI is InChI=1S/C14H18ClF3N2/c1-2-13(20-7-5-19-6-8-20)10-3-4-11(12(15)9-10)14(16,17)18/h3-4,9,13,19H,2,5-8H2,1H3/t13-/m0/s1. The van der Waals surface area contributed by atoms with E-state index >= 15 is 0 Å². The topological polar surface area (TPSA) is 15.3 Å². The molecule has 1 aliphatic heterocycles. The average Bonchev–Trinajstić information content (AvgIpc) is 2.39. The molecule has 0 bridgehead atoms. The molecule has 0 unspecified atom stereocenters. The predicted octanol–water partition coefficient (Wildman–Crippen LogP) is 3.72. The molecule has 0 aliphatic carbocycles. The number of rotatable bonds is 3. The van der Waals surface area contributed by atoms with Gasteiger partial charge in [0.15, 0.2) is 0 Å². The zero-order valence-corrected chi connectivity index (χ0v) is 12.1. The van der Waals surface area contributed by atoms with Crippen molar-refractivity contribution in [2.24, 2.45) is 0 Å². The van der Waals surface area contributed by atoms with Crippen LogP contribution in [0.15, 0.2) is 18.2 Å². The number of nitrogens with zero attached hydrogens (tertiary/aromatic N) is 1. The van der Waals surface area contributed by atoms with E-state index in [0.717, 1.165) is 44.2 Å². The first-order valence-corrected chi connectivity index (χ1v) is 7.12. The molecule has 2 rings (SSSR count). The highest BCUT2D eigenvalue weighted by atomic mass is 35.5. The maximum atomic E-state index is 12.7. The number of piperazine rings is 1. The number of halogens is 4. The summed E-state index contributed by atoms with van der Waals surface area (Å²) in [5, 5.41) is 3.05. The highest BCUT2D eigenvalue weighted by molar-refractivity contribution is 6.31. The van der Waals surface area contributed by atoms with Crippen molar-refractivity contribution < 1.29 is 13.2 Å². The van der Waals surface area contributed by atoms with Gasteiger partial charge in [-0.2, -0.15) is 13.2 Å². The van der Waals surface area contributed by atoms with Crippen molar-refractivity contribution >= 4 is 11.6 Å². The quantitative estimate of drug-likeness (QED) is 0.915. The van der Waals surface area contributed by atoms with Crippen LogP contribution in [0.25, 0.3) is 0 Å². The Bertz CT molecular complexity index is 456. The summed E-state index contributed by atoms with van der Waals surface area (Å²) in [7, 11) is 0. The van der Waals surface area contributed by atoms with Crippen molar-refractivity contribution in [2.75, 3.05) is 26.2 Å². The number of nitrogens with one attached hydrogen (secondary N) is 1. The summed E-state index contributed by atoms with van der Waals surface area (Å²) in [6.07, 6.45) is -3.55. The summed E-state index contributed by atoms with van der Waals surface area (Å²) in [5.74, 6) is 0. The maximum absolute atomic E-state index is 12.7. The summed E-state index contributed by atoms with van der Waals surface area (Å²) in [4.78, 5) is 2.29. The Morgan fingerprint density at radius 3 is 2.45 bits per heavy atom. The van der Waals surface area contributed by atoms with Gasteiger partial charge < -0.3 is 5.32 Å². The Balaban J connectivity index is 2.24. The van der Waals surface area contributed by atoms with Crippen LogP contribution < -0.4 is 5.32 Å². The van der Waals surface area contributed by atoms with Gasteiger partial charge in [-0.15, -0.1) is 0 Å². The van der Waals surface area contributed by atoms with Crippen LogP contribution in [0.5, 0.6) is 0 Å². The van der Waals surface area contributed by atoms with E-state index in [0.29, 0.717) is 0 Å². The molecule has 1 aliphatic rings. The van der Waals surface area contributed by atoms with Crippen molar-refractivity contribution in [3.63, 3.8) is 0 Å². The van der Waals surface area contributed by atoms with Crippen LogP contribution in [0, 0.1) is 0 Å². The van der Waals surface area contributed by atoms with Gasteiger partial charge in [0, 0.05) is 32.2 Å². The van der Waals surface area contributed by atoms with Gasteiger partial charge in [-0.05, 0) is 24.1 Å². The van der Waals surface area contributed by atoms with E-state index in [4.69, 9.17) is 11.6 Å². The van der Waals surface area contributed by atoms with Gasteiger partial charge in [-0.1, -0.05) is 24.6 Å². The van der Waals surface area contributed by atoms with Crippen LogP contribution in [0.1, 0.15) is 30.5 Å². The minimum absolute atomic E-state index is 0.122. The predicted molar refractivity (Wildman–Crippen MR) is 73.9 cm³/mol. The van der Waals surface area contributed by atoms with Crippen molar-refractivity contribution in [1.29, 1.82) is 0 Å². The Morgan fingerprint density at radius 2 is 1.95 bits per heavy atom. The molecule has 1 aromatic rings. The zero-order chi connectivity index (χ0) is 14.8. The largest absolute Gasteiger partial charge is 0.417 e. The van der Waals surface area contributed by atoms with Crippen molar-refractivity contribution in [2.45, 2.75) is 25.6 Å². The summed E-state index contributed by atoms with van der Waals surface area (Å²) in [6.45, 7) is 5.66. The van der Waals surface area contributed by atoms with Gasteiger partial charge >= 0.3 is 6.18 Å². The molecule has 1 heterocycles. The van der Waals surface area contributed by atoms with Crippen LogP contribution in [0.4, 0.5) is 13.2 Å². The molecule has 20 heavy (non-hydrogen) atoms. The lowest BCUT2D eigenvalue weighted by Gasteiger charge is -2.35. The lowest BCUT2D eigenvalue weighted by Crippen LogP contribution is -2.45. The number of alkyl halides is 3. The van der Waals surface area contributed by atoms with Crippen molar-refractivity contribution in [3.05, 3.63) is 34.3 Å². The Hall–Kier alpha value is -0.780. The normalized spacial score (nSPS) is 19.1. The van der Waals surface area contributed by atoms with Gasteiger partial charge in [0.25, 0.3) is 0 Å². The average molecular weight is 307 g/mol. The molecule has 112 valence electrons. The lowest BCUT2D eigenvalue weighted by molar-refractivity contribution is -0.137. The van der Waals surface area contributed by atoms with E-state index in [9.17, 15) is 13.2 Å². The van der Waals surface area contributed by atoms with Gasteiger partial charge in [0.1, 0.15) is 0 Å². The van der Waals surface area contributed by atoms with Crippen molar-refractivity contribution in [1.82, 2.24) is 10.2 Å². The highest BCUT2D eigenvalue weighted by Gasteiger charge is 2.33. The summed E-state index contributed by atoms with van der Waals surface area (Å²) in [5.41, 5.74) is 0.0884. The third-order valence-electron chi connectivity index (χ3n) is 3.66. The van der Waals surface area contributed by atoms with Crippen LogP contribution in [-0.4, -0.2) is 31.1 Å². The van der Waals surface area contributed by atoms with Crippen molar-refractivity contribution in [3.8, 4) is 0 Å². The van der Waals surface area contributed by atoms with E-state index in [1.165, 1.54) is 6.07 Å². The second-order valence-corrected chi connectivity index (χ2v) is 5.35. The zero-order valence-electron chi connectivity index (χ0n) is 11.3. The highest BCUT2D eigenvalue weighted by Crippen LogP contribution is 2.37. The Labute approximate surface area is 121 Å². The minimum Gasteiger partial charge on any atom is -0.314 e. The molecule has 2 nitrogen and oxygen atoms in total. The molecule has 0 spiro atoms. The second-order valence-electron chi connectivity index (χ2n) is 4.95. The maximum Gasteiger partial charge on any atom is 0.417 e. The first kappa shape index (κ1) is 15.6. The van der Waals surface area contributed by atoms with Gasteiger partial charge in [0.05, 0.1) is 10.6 Å². The SMILES string of the molecule is CC[C@@H](c1ccc(C(F)(F)F)c(Cl)c1)N1CCNCC1. The molecular formula is C14H18ClF3N2. The smallest absolute Gasteiger partial charge is 0.314 e. The fourth-order valence-electron chi connectivity index (χ4n) is 2.67. The molecule has 1 aromatic carbocycles. The van der Waals surface area contributed by atoms with Crippen LogP contribution in [0.2, 0.25) is 5.02 Å². The van der Waals surface area contributed by atoms with Gasteiger partial charge in [-0.25, -0.2) is 0 Å². The second kappa shape index (κ2) is 6.33. The Morgan fingerprint density at radius 1 is 1.30 bits per heavy atom. The molecule has 0 amide bonds. The molecule has 1 fully saturated rings. The van der Waals surface area contributed by atoms with Crippen LogP contribution >= 0.6 is 11.6 Å². The Kier molecular flexibility index (Phi) is 4.94. The monoisotopic (exact) mass is 306 g/mol. The van der Waals surface area contributed by atoms with E-state index in [-0.39, 0.29) is 11.1 Å². The molecule has 1 saturated heterocycles. The molecule has 1 atom stereocenters. The number of hydrogen-bond acceptors (Lipinski definition) is 2. The summed E-state index contributed by atoms with van der Waals surface area (Å²) in [6, 6.07) is 4.21. The first-order valence-electron chi connectivity index (χ1n) is 6.75. The first-order chi connectivity index (χ1) is 9.43. The van der Waals surface area contributed by atoms with E-state index in [2.05, 4.69) is 10.2 Å². The van der Waals surface area contributed by atoms with Gasteiger partial charge in [0.2, 0.25) is 0 Å². The molecule has 0 aromatic heterocycles. The van der Waals surface area contributed by atoms with Crippen LogP contribution in [-0.2, 0) is 6.18 Å². The summed E-state index contributed by atoms with van der Waals surface area (Å²) >= 11 is 5.80. The lowest BCUT2D eigenvalue weighted by atomic mass is 10.00. The fourth-order valence-corrected chi connectivity index (χ4v) is 2.96. The van der Waals surface area contributed by atoms with E-state index < -0.39 is 11.7 Å². The molecule has 1 N–H and O–H groups in total. The minimum atomic E-state index is -4.40. The summed E-state index contributed by atoms with van der Waals surface area (Å²) < 4.78 is 38.1. The van der Waals surface area contributed by atoms with Gasteiger partial charge in [-0.3, -0.25) is 4.90 Å². The molecule has 0 radical (unpaired) electrons. The van der Waals surface area contributed by atoms with E-state index in [1.807, 2.05) is 6.92 Å². The van der Waals surface area contributed by atoms with Crippen LogP contribution in [0.3, 0.4) is 0 Å². The number of benzene rings is 1. The molecule has 0 saturated carbocycles. The fraction of sp³-hybridized carbons (Fsp3) is 0.571. The third kappa shape index (κ3) is 3.45. The molecule has 6 heteroatoms. The third-order valence-corrected chi connectivity index (χ3v) is 3.98. The molecular weight excluding hydrogens is 289 g/mol. The number of hydrogen-bond donors (Lipinski definition) is 1. The van der Waals surface area contributed by atoms with E-state index in [1.54, 1.807) is 6.07 Å².